The molecule has 2 heterocycles. The zero-order valence-electron chi connectivity index (χ0n) is 15.4. The van der Waals surface area contributed by atoms with E-state index in [0.717, 1.165) is 11.4 Å². The number of aromatic nitrogens is 3. The topological polar surface area (TPSA) is 98.3 Å². The van der Waals surface area contributed by atoms with Gasteiger partial charge in [0, 0.05) is 28.5 Å². The average molecular weight is 385 g/mol. The molecule has 0 bridgehead atoms. The van der Waals surface area contributed by atoms with Crippen molar-refractivity contribution >= 4 is 34.0 Å². The van der Waals surface area contributed by atoms with Crippen LogP contribution in [0, 0.1) is 13.8 Å². The van der Waals surface area contributed by atoms with Crippen LogP contribution in [0.5, 0.6) is 11.5 Å². The molecule has 0 aliphatic carbocycles. The number of rotatable bonds is 6. The van der Waals surface area contributed by atoms with E-state index >= 15 is 0 Å². The highest BCUT2D eigenvalue weighted by molar-refractivity contribution is 7.14. The van der Waals surface area contributed by atoms with Gasteiger partial charge in [-0.3, -0.25) is 4.79 Å². The van der Waals surface area contributed by atoms with Crippen molar-refractivity contribution < 1.29 is 14.3 Å². The van der Waals surface area contributed by atoms with E-state index in [1.165, 1.54) is 18.4 Å². The number of hydrogen-bond donors (Lipinski definition) is 2. The number of methoxy groups -OCH3 is 2. The molecule has 2 N–H and O–H groups in total. The normalized spacial score (nSPS) is 10.4. The summed E-state index contributed by atoms with van der Waals surface area (Å²) in [6, 6.07) is 7.02. The van der Waals surface area contributed by atoms with E-state index in [-0.39, 0.29) is 5.91 Å². The van der Waals surface area contributed by atoms with Crippen molar-refractivity contribution in [3.63, 3.8) is 0 Å². The van der Waals surface area contributed by atoms with E-state index in [0.29, 0.717) is 34.0 Å². The third kappa shape index (κ3) is 4.50. The quantitative estimate of drug-likeness (QED) is 0.669. The maximum atomic E-state index is 12.4. The van der Waals surface area contributed by atoms with Crippen molar-refractivity contribution in [3.8, 4) is 11.5 Å². The van der Waals surface area contributed by atoms with Gasteiger partial charge in [-0.05, 0) is 32.0 Å². The van der Waals surface area contributed by atoms with E-state index in [9.17, 15) is 4.79 Å². The zero-order chi connectivity index (χ0) is 19.4. The second-order valence-corrected chi connectivity index (χ2v) is 6.52. The van der Waals surface area contributed by atoms with Crippen LogP contribution in [0.1, 0.15) is 21.9 Å². The molecule has 27 heavy (non-hydrogen) atoms. The lowest BCUT2D eigenvalue weighted by Gasteiger charge is -2.10. The third-order valence-corrected chi connectivity index (χ3v) is 4.34. The third-order valence-electron chi connectivity index (χ3n) is 3.58. The van der Waals surface area contributed by atoms with Crippen molar-refractivity contribution in [1.29, 1.82) is 0 Å². The van der Waals surface area contributed by atoms with Crippen LogP contribution >= 0.6 is 11.3 Å². The first-order valence-electron chi connectivity index (χ1n) is 8.06. The van der Waals surface area contributed by atoms with Gasteiger partial charge in [0.05, 0.1) is 14.2 Å². The lowest BCUT2D eigenvalue weighted by atomic mass is 10.2. The fourth-order valence-corrected chi connectivity index (χ4v) is 3.11. The van der Waals surface area contributed by atoms with Crippen LogP contribution in [0.3, 0.4) is 0 Å². The van der Waals surface area contributed by atoms with Gasteiger partial charge in [0.25, 0.3) is 5.91 Å². The second-order valence-electron chi connectivity index (χ2n) is 5.66. The first-order valence-corrected chi connectivity index (χ1v) is 8.94. The molecule has 2 aromatic heterocycles. The molecule has 0 saturated carbocycles. The molecular formula is C18H19N5O3S. The van der Waals surface area contributed by atoms with Crippen molar-refractivity contribution in [2.75, 3.05) is 24.9 Å². The molecule has 3 aromatic rings. The van der Waals surface area contributed by atoms with Gasteiger partial charge in [-0.25, -0.2) is 15.0 Å². The summed E-state index contributed by atoms with van der Waals surface area (Å²) in [5, 5.41) is 8.02. The summed E-state index contributed by atoms with van der Waals surface area (Å²) in [5.41, 5.74) is 2.58. The number of carbonyl (C=O) groups excluding carboxylic acids is 1. The molecule has 1 amide bonds. The van der Waals surface area contributed by atoms with Gasteiger partial charge in [-0.15, -0.1) is 11.3 Å². The minimum atomic E-state index is -0.326. The summed E-state index contributed by atoms with van der Waals surface area (Å²) in [6.45, 7) is 3.79. The van der Waals surface area contributed by atoms with Gasteiger partial charge < -0.3 is 20.1 Å². The number of benzene rings is 1. The van der Waals surface area contributed by atoms with E-state index in [1.807, 2.05) is 19.9 Å². The Bertz CT molecular complexity index is 953. The Morgan fingerprint density at radius 3 is 2.37 bits per heavy atom. The molecule has 0 unspecified atom stereocenters. The summed E-state index contributed by atoms with van der Waals surface area (Å²) in [6.07, 6.45) is 0. The summed E-state index contributed by atoms with van der Waals surface area (Å²) in [5.74, 6) is 1.24. The maximum absolute atomic E-state index is 12.4. The first-order chi connectivity index (χ1) is 13.0. The number of nitrogens with one attached hydrogen (secondary N) is 2. The molecule has 0 radical (unpaired) electrons. The minimum absolute atomic E-state index is 0.293. The van der Waals surface area contributed by atoms with Crippen LogP contribution < -0.4 is 20.1 Å². The lowest BCUT2D eigenvalue weighted by Crippen LogP contribution is -2.12. The molecule has 9 heteroatoms. The first kappa shape index (κ1) is 18.6. The fraction of sp³-hybridized carbons (Fsp3) is 0.222. The number of ether oxygens (including phenoxy) is 2. The van der Waals surface area contributed by atoms with Crippen LogP contribution in [0.2, 0.25) is 0 Å². The molecule has 0 saturated heterocycles. The molecule has 8 nitrogen and oxygen atoms in total. The largest absolute Gasteiger partial charge is 0.493 e. The van der Waals surface area contributed by atoms with Gasteiger partial charge in [0.1, 0.15) is 5.69 Å². The van der Waals surface area contributed by atoms with E-state index in [2.05, 4.69) is 25.6 Å². The number of nitrogens with zero attached hydrogens (tertiary/aromatic N) is 3. The van der Waals surface area contributed by atoms with E-state index < -0.39 is 0 Å². The summed E-state index contributed by atoms with van der Waals surface area (Å²) in [7, 11) is 3.09. The van der Waals surface area contributed by atoms with Gasteiger partial charge in [-0.1, -0.05) is 0 Å². The maximum Gasteiger partial charge on any atom is 0.275 e. The van der Waals surface area contributed by atoms with Gasteiger partial charge in [0.15, 0.2) is 16.6 Å². The van der Waals surface area contributed by atoms with Crippen molar-refractivity contribution in [2.45, 2.75) is 13.8 Å². The molecule has 140 valence electrons. The molecule has 3 rings (SSSR count). The van der Waals surface area contributed by atoms with Crippen LogP contribution in [0.25, 0.3) is 0 Å². The zero-order valence-corrected chi connectivity index (χ0v) is 16.2. The van der Waals surface area contributed by atoms with Crippen LogP contribution in [-0.4, -0.2) is 35.1 Å². The fourth-order valence-electron chi connectivity index (χ4n) is 2.42. The molecule has 0 aliphatic rings. The lowest BCUT2D eigenvalue weighted by molar-refractivity contribution is 0.102. The predicted molar refractivity (Wildman–Crippen MR) is 104 cm³/mol. The SMILES string of the molecule is COc1ccc(NC(=O)c2csc(Nc3nc(C)cc(C)n3)n2)cc1OC. The van der Waals surface area contributed by atoms with Crippen LogP contribution in [0.15, 0.2) is 29.6 Å². The van der Waals surface area contributed by atoms with Gasteiger partial charge in [-0.2, -0.15) is 0 Å². The molecule has 1 aromatic carbocycles. The number of anilines is 3. The summed E-state index contributed by atoms with van der Waals surface area (Å²) < 4.78 is 10.4. The number of carbonyl (C=O) groups is 1. The van der Waals surface area contributed by atoms with E-state index in [4.69, 9.17) is 9.47 Å². The van der Waals surface area contributed by atoms with Gasteiger partial charge in [0.2, 0.25) is 5.95 Å². The Kier molecular flexibility index (Phi) is 5.51. The monoisotopic (exact) mass is 385 g/mol. The minimum Gasteiger partial charge on any atom is -0.493 e. The average Bonchev–Trinajstić information content (AvgIpc) is 3.09. The number of amides is 1. The second kappa shape index (κ2) is 8.00. The summed E-state index contributed by atoms with van der Waals surface area (Å²) >= 11 is 1.30. The number of thiazole rings is 1. The number of hydrogen-bond acceptors (Lipinski definition) is 8. The Morgan fingerprint density at radius 2 is 1.70 bits per heavy atom. The predicted octanol–water partition coefficient (Wildman–Crippen LogP) is 3.56. The molecule has 0 atom stereocenters. The smallest absolute Gasteiger partial charge is 0.275 e. The Hall–Kier alpha value is -3.20. The van der Waals surface area contributed by atoms with Crippen LogP contribution in [0.4, 0.5) is 16.8 Å². The van der Waals surface area contributed by atoms with Crippen molar-refractivity contribution in [3.05, 3.63) is 46.7 Å². The number of aryl methyl sites for hydroxylation is 2. The Morgan fingerprint density at radius 1 is 1.00 bits per heavy atom. The highest BCUT2D eigenvalue weighted by Gasteiger charge is 2.13. The summed E-state index contributed by atoms with van der Waals surface area (Å²) in [4.78, 5) is 25.4. The molecule has 0 fully saturated rings. The standard InChI is InChI=1S/C18H19N5O3S/c1-10-7-11(2)20-17(19-10)23-18-22-13(9-27-18)16(24)21-12-5-6-14(25-3)15(8-12)26-4/h5-9H,1-4H3,(H,21,24)(H,19,20,22,23). The van der Waals surface area contributed by atoms with Crippen molar-refractivity contribution in [1.82, 2.24) is 15.0 Å². The highest BCUT2D eigenvalue weighted by atomic mass is 32.1. The highest BCUT2D eigenvalue weighted by Crippen LogP contribution is 2.30. The van der Waals surface area contributed by atoms with E-state index in [1.54, 1.807) is 30.7 Å². The Labute approximate surface area is 160 Å². The molecule has 0 spiro atoms. The molecule has 0 aliphatic heterocycles. The molecular weight excluding hydrogens is 366 g/mol. The van der Waals surface area contributed by atoms with Crippen LogP contribution in [-0.2, 0) is 0 Å². The van der Waals surface area contributed by atoms with Gasteiger partial charge >= 0.3 is 0 Å². The Balaban J connectivity index is 1.71. The van der Waals surface area contributed by atoms with Crippen molar-refractivity contribution in [2.24, 2.45) is 0 Å².